The second-order valence-corrected chi connectivity index (χ2v) is 5.66. The summed E-state index contributed by atoms with van der Waals surface area (Å²) in [5.41, 5.74) is 2.26. The largest absolute Gasteiger partial charge is 0.299 e. The van der Waals surface area contributed by atoms with Crippen molar-refractivity contribution in [3.8, 4) is 0 Å². The van der Waals surface area contributed by atoms with E-state index in [9.17, 15) is 4.79 Å². The standard InChI is InChI=1S/C13H25N3O/c1-10(13(17)15-14)9-16-8-4-6-11-5-2-3-7-12(11)16/h10-12H,2-9,14H2,1H3,(H,15,17). The molecule has 2 aliphatic rings. The molecule has 1 saturated heterocycles. The van der Waals surface area contributed by atoms with Crippen molar-refractivity contribution < 1.29 is 4.79 Å². The zero-order valence-corrected chi connectivity index (χ0v) is 10.8. The van der Waals surface area contributed by atoms with Crippen LogP contribution >= 0.6 is 0 Å². The van der Waals surface area contributed by atoms with Crippen molar-refractivity contribution in [1.29, 1.82) is 0 Å². The van der Waals surface area contributed by atoms with Gasteiger partial charge in [0.15, 0.2) is 0 Å². The Labute approximate surface area is 104 Å². The van der Waals surface area contributed by atoms with Gasteiger partial charge in [-0.2, -0.15) is 0 Å². The molecule has 1 amide bonds. The number of nitrogens with two attached hydrogens (primary N) is 1. The molecule has 1 saturated carbocycles. The maximum atomic E-state index is 11.5. The summed E-state index contributed by atoms with van der Waals surface area (Å²) in [6.07, 6.45) is 8.14. The summed E-state index contributed by atoms with van der Waals surface area (Å²) < 4.78 is 0. The Kier molecular flexibility index (Phi) is 4.40. The van der Waals surface area contributed by atoms with Crippen LogP contribution in [0.25, 0.3) is 0 Å². The highest BCUT2D eigenvalue weighted by Gasteiger charge is 2.34. The summed E-state index contributed by atoms with van der Waals surface area (Å²) in [4.78, 5) is 14.0. The van der Waals surface area contributed by atoms with Gasteiger partial charge in [0, 0.05) is 18.5 Å². The summed E-state index contributed by atoms with van der Waals surface area (Å²) in [6, 6.07) is 0.727. The lowest BCUT2D eigenvalue weighted by molar-refractivity contribution is -0.125. The van der Waals surface area contributed by atoms with E-state index in [2.05, 4.69) is 10.3 Å². The molecule has 3 unspecified atom stereocenters. The van der Waals surface area contributed by atoms with Gasteiger partial charge in [0.2, 0.25) is 5.91 Å². The van der Waals surface area contributed by atoms with Crippen LogP contribution in [0, 0.1) is 11.8 Å². The van der Waals surface area contributed by atoms with Gasteiger partial charge >= 0.3 is 0 Å². The fourth-order valence-corrected chi connectivity index (χ4v) is 3.53. The van der Waals surface area contributed by atoms with E-state index in [0.717, 1.165) is 25.0 Å². The van der Waals surface area contributed by atoms with Crippen molar-refractivity contribution in [3.63, 3.8) is 0 Å². The minimum atomic E-state index is -0.0390. The number of carbonyl (C=O) groups is 1. The van der Waals surface area contributed by atoms with Gasteiger partial charge in [0.25, 0.3) is 0 Å². The number of hydrogen-bond acceptors (Lipinski definition) is 3. The van der Waals surface area contributed by atoms with Crippen LogP contribution in [0.3, 0.4) is 0 Å². The molecule has 0 aromatic rings. The van der Waals surface area contributed by atoms with Crippen LogP contribution in [-0.2, 0) is 4.79 Å². The molecule has 3 atom stereocenters. The van der Waals surface area contributed by atoms with Crippen molar-refractivity contribution >= 4 is 5.91 Å². The monoisotopic (exact) mass is 239 g/mol. The fraction of sp³-hybridized carbons (Fsp3) is 0.923. The Balaban J connectivity index is 1.92. The van der Waals surface area contributed by atoms with Gasteiger partial charge in [-0.3, -0.25) is 15.1 Å². The lowest BCUT2D eigenvalue weighted by Gasteiger charge is -2.44. The number of nitrogens with one attached hydrogen (secondary N) is 1. The van der Waals surface area contributed by atoms with Crippen molar-refractivity contribution in [2.24, 2.45) is 17.7 Å². The van der Waals surface area contributed by atoms with E-state index in [-0.39, 0.29) is 11.8 Å². The second-order valence-electron chi connectivity index (χ2n) is 5.66. The van der Waals surface area contributed by atoms with E-state index >= 15 is 0 Å². The molecule has 2 rings (SSSR count). The minimum absolute atomic E-state index is 0.000626. The maximum Gasteiger partial charge on any atom is 0.237 e. The molecule has 3 N–H and O–H groups in total. The number of amides is 1. The minimum Gasteiger partial charge on any atom is -0.299 e. The fourth-order valence-electron chi connectivity index (χ4n) is 3.53. The van der Waals surface area contributed by atoms with Crippen LogP contribution in [0.15, 0.2) is 0 Å². The lowest BCUT2D eigenvalue weighted by atomic mass is 9.78. The summed E-state index contributed by atoms with van der Waals surface area (Å²) in [7, 11) is 0. The van der Waals surface area contributed by atoms with Crippen LogP contribution in [-0.4, -0.2) is 29.9 Å². The van der Waals surface area contributed by atoms with Gasteiger partial charge in [-0.25, -0.2) is 5.84 Å². The topological polar surface area (TPSA) is 58.4 Å². The van der Waals surface area contributed by atoms with Crippen LogP contribution in [0.4, 0.5) is 0 Å². The molecule has 1 heterocycles. The highest BCUT2D eigenvalue weighted by atomic mass is 16.2. The third-order valence-electron chi connectivity index (χ3n) is 4.46. The van der Waals surface area contributed by atoms with Crippen LogP contribution < -0.4 is 11.3 Å². The lowest BCUT2D eigenvalue weighted by Crippen LogP contribution is -2.50. The number of hydrogen-bond donors (Lipinski definition) is 2. The smallest absolute Gasteiger partial charge is 0.237 e. The van der Waals surface area contributed by atoms with Gasteiger partial charge in [-0.05, 0) is 38.1 Å². The molecular weight excluding hydrogens is 214 g/mol. The van der Waals surface area contributed by atoms with Crippen LogP contribution in [0.5, 0.6) is 0 Å². The molecule has 0 radical (unpaired) electrons. The molecule has 1 aliphatic heterocycles. The first-order chi connectivity index (χ1) is 8.22. The predicted octanol–water partition coefficient (Wildman–Crippen LogP) is 1.27. The number of hydrazine groups is 1. The van der Waals surface area contributed by atoms with Gasteiger partial charge in [-0.15, -0.1) is 0 Å². The zero-order valence-electron chi connectivity index (χ0n) is 10.8. The molecule has 98 valence electrons. The number of rotatable bonds is 3. The third-order valence-corrected chi connectivity index (χ3v) is 4.46. The molecule has 0 aromatic carbocycles. The molecule has 0 spiro atoms. The summed E-state index contributed by atoms with van der Waals surface area (Å²) in [5, 5.41) is 0. The average molecular weight is 239 g/mol. The first kappa shape index (κ1) is 12.8. The van der Waals surface area contributed by atoms with E-state index in [1.165, 1.54) is 38.5 Å². The third kappa shape index (κ3) is 2.99. The van der Waals surface area contributed by atoms with E-state index in [4.69, 9.17) is 5.84 Å². The summed E-state index contributed by atoms with van der Waals surface area (Å²) in [6.45, 7) is 3.99. The molecule has 17 heavy (non-hydrogen) atoms. The number of fused-ring (bicyclic) bond motifs is 1. The SMILES string of the molecule is CC(CN1CCCC2CCCCC21)C(=O)NN. The van der Waals surface area contributed by atoms with Crippen molar-refractivity contribution in [2.75, 3.05) is 13.1 Å². The van der Waals surface area contributed by atoms with E-state index in [1.807, 2.05) is 6.92 Å². The van der Waals surface area contributed by atoms with E-state index < -0.39 is 0 Å². The van der Waals surface area contributed by atoms with Gasteiger partial charge in [0.05, 0.1) is 0 Å². The van der Waals surface area contributed by atoms with Crippen LogP contribution in [0.2, 0.25) is 0 Å². The molecule has 4 heteroatoms. The highest BCUT2D eigenvalue weighted by Crippen LogP contribution is 2.35. The molecular formula is C13H25N3O. The molecule has 2 fully saturated rings. The highest BCUT2D eigenvalue weighted by molar-refractivity contribution is 5.77. The Morgan fingerprint density at radius 2 is 2.06 bits per heavy atom. The molecule has 0 bridgehead atoms. The van der Waals surface area contributed by atoms with Crippen molar-refractivity contribution in [2.45, 2.75) is 51.5 Å². The molecule has 1 aliphatic carbocycles. The second kappa shape index (κ2) is 5.83. The first-order valence-corrected chi connectivity index (χ1v) is 6.97. The predicted molar refractivity (Wildman–Crippen MR) is 68.0 cm³/mol. The summed E-state index contributed by atoms with van der Waals surface area (Å²) in [5.74, 6) is 6.03. The maximum absolute atomic E-state index is 11.5. The van der Waals surface area contributed by atoms with Gasteiger partial charge in [-0.1, -0.05) is 19.8 Å². The van der Waals surface area contributed by atoms with E-state index in [0.29, 0.717) is 0 Å². The van der Waals surface area contributed by atoms with Crippen molar-refractivity contribution in [3.05, 3.63) is 0 Å². The molecule has 0 aromatic heterocycles. The summed E-state index contributed by atoms with van der Waals surface area (Å²) >= 11 is 0. The van der Waals surface area contributed by atoms with Crippen molar-refractivity contribution in [1.82, 2.24) is 10.3 Å². The zero-order chi connectivity index (χ0) is 12.3. The number of piperidine rings is 1. The quantitative estimate of drug-likeness (QED) is 0.443. The van der Waals surface area contributed by atoms with Crippen LogP contribution in [0.1, 0.15) is 45.4 Å². The Morgan fingerprint density at radius 1 is 1.35 bits per heavy atom. The Bertz CT molecular complexity index is 267. The Morgan fingerprint density at radius 3 is 2.82 bits per heavy atom. The van der Waals surface area contributed by atoms with E-state index in [1.54, 1.807) is 0 Å². The Hall–Kier alpha value is -0.610. The van der Waals surface area contributed by atoms with Gasteiger partial charge in [0.1, 0.15) is 0 Å². The normalized spacial score (nSPS) is 31.6. The number of carbonyl (C=O) groups excluding carboxylic acids is 1. The first-order valence-electron chi connectivity index (χ1n) is 6.97. The molecule has 4 nitrogen and oxygen atoms in total. The number of nitrogens with zero attached hydrogens (tertiary/aromatic N) is 1. The van der Waals surface area contributed by atoms with Gasteiger partial charge < -0.3 is 0 Å². The number of likely N-dealkylation sites (tertiary alicyclic amines) is 1. The average Bonchev–Trinajstić information content (AvgIpc) is 2.38.